The van der Waals surface area contributed by atoms with E-state index in [0.29, 0.717) is 13.2 Å². The summed E-state index contributed by atoms with van der Waals surface area (Å²) in [5.74, 6) is 0.0467. The molecule has 1 amide bonds. The Bertz CT molecular complexity index is 511. The Balaban J connectivity index is 2.04. The molecular weight excluding hydrogens is 276 g/mol. The number of morpholine rings is 1. The summed E-state index contributed by atoms with van der Waals surface area (Å²) in [5.41, 5.74) is 2.58. The van der Waals surface area contributed by atoms with E-state index in [2.05, 4.69) is 42.2 Å². The summed E-state index contributed by atoms with van der Waals surface area (Å²) in [6.45, 7) is 5.15. The Morgan fingerprint density at radius 1 is 1.36 bits per heavy atom. The van der Waals surface area contributed by atoms with Crippen molar-refractivity contribution in [3.63, 3.8) is 0 Å². The number of rotatable bonds is 5. The van der Waals surface area contributed by atoms with Crippen LogP contribution in [-0.4, -0.2) is 62.1 Å². The van der Waals surface area contributed by atoms with E-state index in [9.17, 15) is 4.79 Å². The molecule has 1 aromatic rings. The molecule has 120 valence electrons. The van der Waals surface area contributed by atoms with E-state index in [-0.39, 0.29) is 12.0 Å². The van der Waals surface area contributed by atoms with Crippen molar-refractivity contribution in [3.8, 4) is 0 Å². The van der Waals surface area contributed by atoms with E-state index >= 15 is 0 Å². The molecule has 22 heavy (non-hydrogen) atoms. The average molecular weight is 302 g/mol. The zero-order valence-corrected chi connectivity index (χ0v) is 13.8. The van der Waals surface area contributed by atoms with Crippen LogP contribution in [-0.2, 0) is 9.53 Å². The van der Waals surface area contributed by atoms with Gasteiger partial charge in [-0.1, -0.05) is 43.3 Å². The number of likely N-dealkylation sites (N-methyl/N-ethyl adjacent to an activating group) is 1. The molecule has 0 aliphatic carbocycles. The van der Waals surface area contributed by atoms with Gasteiger partial charge in [0.1, 0.15) is 6.10 Å². The molecule has 1 aliphatic heterocycles. The van der Waals surface area contributed by atoms with Crippen molar-refractivity contribution in [2.45, 2.75) is 19.4 Å². The van der Waals surface area contributed by atoms with Crippen LogP contribution >= 0.6 is 0 Å². The second-order valence-electron chi connectivity index (χ2n) is 5.83. The zero-order chi connectivity index (χ0) is 15.9. The Hall–Kier alpha value is -1.65. The van der Waals surface area contributed by atoms with Crippen LogP contribution in [0.3, 0.4) is 0 Å². The van der Waals surface area contributed by atoms with Crippen molar-refractivity contribution < 1.29 is 9.53 Å². The van der Waals surface area contributed by atoms with Crippen LogP contribution in [0.5, 0.6) is 0 Å². The summed E-state index contributed by atoms with van der Waals surface area (Å²) >= 11 is 0. The maximum absolute atomic E-state index is 12.1. The molecule has 1 saturated heterocycles. The van der Waals surface area contributed by atoms with Crippen LogP contribution in [0.25, 0.3) is 5.57 Å². The molecule has 1 fully saturated rings. The minimum Gasteiger partial charge on any atom is -0.366 e. The molecular formula is C18H26N2O2. The van der Waals surface area contributed by atoms with Gasteiger partial charge in [0.2, 0.25) is 0 Å². The molecule has 0 spiro atoms. The van der Waals surface area contributed by atoms with Crippen LogP contribution in [0.15, 0.2) is 36.4 Å². The Morgan fingerprint density at radius 2 is 2.09 bits per heavy atom. The van der Waals surface area contributed by atoms with Gasteiger partial charge in [-0.3, -0.25) is 9.69 Å². The van der Waals surface area contributed by atoms with Gasteiger partial charge in [-0.25, -0.2) is 0 Å². The number of hydrogen-bond donors (Lipinski definition) is 0. The second-order valence-corrected chi connectivity index (χ2v) is 5.83. The number of benzene rings is 1. The third-order valence-electron chi connectivity index (χ3n) is 3.86. The van der Waals surface area contributed by atoms with Crippen molar-refractivity contribution in [3.05, 3.63) is 42.0 Å². The highest BCUT2D eigenvalue weighted by atomic mass is 16.5. The minimum absolute atomic E-state index is 0.0467. The second kappa shape index (κ2) is 8.11. The van der Waals surface area contributed by atoms with Crippen LogP contribution in [0.2, 0.25) is 0 Å². The molecule has 1 heterocycles. The fourth-order valence-electron chi connectivity index (χ4n) is 2.70. The standard InChI is InChI=1S/C18H26N2O2/c1-4-8-16(15-9-6-5-7-10-15)13-20-11-12-22-17(14-20)18(21)19(2)3/h5-10,17H,4,11-14H2,1-3H3/b16-8-. The number of allylic oxidation sites excluding steroid dienone is 1. The Kier molecular flexibility index (Phi) is 6.16. The van der Waals surface area contributed by atoms with E-state index < -0.39 is 0 Å². The van der Waals surface area contributed by atoms with Crippen molar-refractivity contribution in [2.24, 2.45) is 0 Å². The van der Waals surface area contributed by atoms with Gasteiger partial charge < -0.3 is 9.64 Å². The van der Waals surface area contributed by atoms with Crippen LogP contribution in [0.1, 0.15) is 18.9 Å². The SMILES string of the molecule is CC/C=C(/CN1CCOC(C(=O)N(C)C)C1)c1ccccc1. The van der Waals surface area contributed by atoms with Gasteiger partial charge in [-0.2, -0.15) is 0 Å². The first-order valence-corrected chi connectivity index (χ1v) is 7.91. The highest BCUT2D eigenvalue weighted by Crippen LogP contribution is 2.18. The summed E-state index contributed by atoms with van der Waals surface area (Å²) in [5, 5.41) is 0. The third-order valence-corrected chi connectivity index (χ3v) is 3.86. The van der Waals surface area contributed by atoms with Crippen LogP contribution < -0.4 is 0 Å². The molecule has 1 unspecified atom stereocenters. The Labute approximate surface area is 133 Å². The monoisotopic (exact) mass is 302 g/mol. The third kappa shape index (κ3) is 4.42. The molecule has 0 N–H and O–H groups in total. The molecule has 1 aromatic carbocycles. The fraction of sp³-hybridized carbons (Fsp3) is 0.500. The summed E-state index contributed by atoms with van der Waals surface area (Å²) in [6.07, 6.45) is 2.93. The quantitative estimate of drug-likeness (QED) is 0.836. The first-order chi connectivity index (χ1) is 10.6. The van der Waals surface area contributed by atoms with Gasteiger partial charge in [0, 0.05) is 33.7 Å². The topological polar surface area (TPSA) is 32.8 Å². The van der Waals surface area contributed by atoms with Gasteiger partial charge in [-0.15, -0.1) is 0 Å². The first-order valence-electron chi connectivity index (χ1n) is 7.91. The molecule has 4 heteroatoms. The number of carbonyl (C=O) groups is 1. The van der Waals surface area contributed by atoms with Gasteiger partial charge in [0.15, 0.2) is 0 Å². The van der Waals surface area contributed by atoms with Crippen molar-refractivity contribution in [1.29, 1.82) is 0 Å². The van der Waals surface area contributed by atoms with Gasteiger partial charge in [-0.05, 0) is 17.6 Å². The molecule has 0 bridgehead atoms. The van der Waals surface area contributed by atoms with Gasteiger partial charge >= 0.3 is 0 Å². The molecule has 0 aromatic heterocycles. The van der Waals surface area contributed by atoms with Gasteiger partial charge in [0.25, 0.3) is 5.91 Å². The number of amides is 1. The predicted octanol–water partition coefficient (Wildman–Crippen LogP) is 2.27. The fourth-order valence-corrected chi connectivity index (χ4v) is 2.70. The van der Waals surface area contributed by atoms with Gasteiger partial charge in [0.05, 0.1) is 6.61 Å². The van der Waals surface area contributed by atoms with E-state index in [4.69, 9.17) is 4.74 Å². The lowest BCUT2D eigenvalue weighted by Gasteiger charge is -2.33. The van der Waals surface area contributed by atoms with Crippen molar-refractivity contribution >= 4 is 11.5 Å². The summed E-state index contributed by atoms with van der Waals surface area (Å²) in [6, 6.07) is 10.5. The first kappa shape index (κ1) is 16.7. The molecule has 1 aliphatic rings. The molecule has 2 rings (SSSR count). The van der Waals surface area contributed by atoms with E-state index in [0.717, 1.165) is 19.5 Å². The molecule has 0 saturated carbocycles. The number of nitrogens with zero attached hydrogens (tertiary/aromatic N) is 2. The lowest BCUT2D eigenvalue weighted by Crippen LogP contribution is -2.49. The largest absolute Gasteiger partial charge is 0.366 e. The Morgan fingerprint density at radius 3 is 2.73 bits per heavy atom. The number of carbonyl (C=O) groups excluding carboxylic acids is 1. The van der Waals surface area contributed by atoms with Crippen molar-refractivity contribution in [2.75, 3.05) is 40.3 Å². The number of ether oxygens (including phenoxy) is 1. The summed E-state index contributed by atoms with van der Waals surface area (Å²) < 4.78 is 5.63. The minimum atomic E-state index is -0.345. The van der Waals surface area contributed by atoms with Crippen molar-refractivity contribution in [1.82, 2.24) is 9.80 Å². The highest BCUT2D eigenvalue weighted by molar-refractivity contribution is 5.80. The predicted molar refractivity (Wildman–Crippen MR) is 89.6 cm³/mol. The highest BCUT2D eigenvalue weighted by Gasteiger charge is 2.28. The lowest BCUT2D eigenvalue weighted by atomic mass is 10.0. The van der Waals surface area contributed by atoms with Crippen LogP contribution in [0.4, 0.5) is 0 Å². The normalized spacial score (nSPS) is 20.0. The summed E-state index contributed by atoms with van der Waals surface area (Å²) in [7, 11) is 3.55. The molecule has 0 radical (unpaired) electrons. The average Bonchev–Trinajstić information content (AvgIpc) is 2.55. The van der Waals surface area contributed by atoms with E-state index in [1.165, 1.54) is 11.1 Å². The van der Waals surface area contributed by atoms with E-state index in [1.807, 2.05) is 6.07 Å². The maximum Gasteiger partial charge on any atom is 0.252 e. The van der Waals surface area contributed by atoms with E-state index in [1.54, 1.807) is 19.0 Å². The molecule has 4 nitrogen and oxygen atoms in total. The molecule has 1 atom stereocenters. The smallest absolute Gasteiger partial charge is 0.252 e. The van der Waals surface area contributed by atoms with Crippen LogP contribution in [0, 0.1) is 0 Å². The lowest BCUT2D eigenvalue weighted by molar-refractivity contribution is -0.146. The maximum atomic E-state index is 12.1. The number of hydrogen-bond acceptors (Lipinski definition) is 3. The summed E-state index contributed by atoms with van der Waals surface area (Å²) in [4.78, 5) is 16.0. The zero-order valence-electron chi connectivity index (χ0n) is 13.8.